The normalized spacial score (nSPS) is 18.2. The number of ether oxygens (including phenoxy) is 1. The molecule has 0 radical (unpaired) electrons. The zero-order valence-corrected chi connectivity index (χ0v) is 12.4. The lowest BCUT2D eigenvalue weighted by Crippen LogP contribution is -2.26. The minimum Gasteiger partial charge on any atom is -0.496 e. The van der Waals surface area contributed by atoms with Gasteiger partial charge in [-0.05, 0) is 30.5 Å². The molecule has 1 aliphatic heterocycles. The van der Waals surface area contributed by atoms with Crippen molar-refractivity contribution >= 4 is 5.78 Å². The van der Waals surface area contributed by atoms with Crippen molar-refractivity contribution in [2.75, 3.05) is 26.7 Å². The van der Waals surface area contributed by atoms with Crippen LogP contribution in [0.5, 0.6) is 5.75 Å². The summed E-state index contributed by atoms with van der Waals surface area (Å²) in [4.78, 5) is 14.5. The molecule has 20 heavy (non-hydrogen) atoms. The zero-order valence-electron chi connectivity index (χ0n) is 12.4. The van der Waals surface area contributed by atoms with Gasteiger partial charge in [0.05, 0.1) is 12.7 Å². The monoisotopic (exact) mass is 279 g/mol. The highest BCUT2D eigenvalue weighted by Gasteiger charge is 2.29. The van der Waals surface area contributed by atoms with Crippen LogP contribution in [-0.2, 0) is 0 Å². The van der Waals surface area contributed by atoms with Gasteiger partial charge >= 0.3 is 0 Å². The summed E-state index contributed by atoms with van der Waals surface area (Å²) in [6, 6.07) is 4.47. The van der Waals surface area contributed by atoms with Crippen LogP contribution in [0.4, 0.5) is 4.39 Å². The summed E-state index contributed by atoms with van der Waals surface area (Å²) < 4.78 is 18.9. The molecule has 2 rings (SSSR count). The van der Waals surface area contributed by atoms with Crippen LogP contribution < -0.4 is 4.74 Å². The van der Waals surface area contributed by atoms with Gasteiger partial charge in [0.25, 0.3) is 0 Å². The summed E-state index contributed by atoms with van der Waals surface area (Å²) in [6.45, 7) is 7.15. The molecule has 1 aliphatic rings. The summed E-state index contributed by atoms with van der Waals surface area (Å²) >= 11 is 0. The Morgan fingerprint density at radius 2 is 2.20 bits per heavy atom. The van der Waals surface area contributed by atoms with Gasteiger partial charge in [-0.25, -0.2) is 4.39 Å². The summed E-state index contributed by atoms with van der Waals surface area (Å²) in [7, 11) is 1.45. The molecule has 0 unspecified atom stereocenters. The predicted molar refractivity (Wildman–Crippen MR) is 76.7 cm³/mol. The molecule has 0 aliphatic carbocycles. The maximum Gasteiger partial charge on any atom is 0.170 e. The molecule has 0 spiro atoms. The molecule has 110 valence electrons. The minimum atomic E-state index is -0.504. The Labute approximate surface area is 119 Å². The van der Waals surface area contributed by atoms with Gasteiger partial charge < -0.3 is 9.64 Å². The number of methoxy groups -OCH3 is 1. The average molecular weight is 279 g/mol. The third kappa shape index (κ3) is 3.37. The first kappa shape index (κ1) is 15.0. The lowest BCUT2D eigenvalue weighted by Gasteiger charge is -2.19. The topological polar surface area (TPSA) is 29.5 Å². The van der Waals surface area contributed by atoms with Crippen LogP contribution in [0.25, 0.3) is 0 Å². The van der Waals surface area contributed by atoms with Crippen molar-refractivity contribution in [1.29, 1.82) is 0 Å². The van der Waals surface area contributed by atoms with Crippen LogP contribution in [0, 0.1) is 11.2 Å². The molecule has 0 amide bonds. The van der Waals surface area contributed by atoms with E-state index in [1.807, 2.05) is 0 Å². The van der Waals surface area contributed by atoms with E-state index in [9.17, 15) is 9.18 Å². The maximum atomic E-state index is 13.8. The summed E-state index contributed by atoms with van der Waals surface area (Å²) in [5.74, 6) is -0.377. The molecular weight excluding hydrogens is 257 g/mol. The van der Waals surface area contributed by atoms with Gasteiger partial charge in [-0.15, -0.1) is 0 Å². The fourth-order valence-corrected chi connectivity index (χ4v) is 2.74. The standard InChI is InChI=1S/C16H22FNO2/c1-16(2)8-10-18(11-16)9-7-13(19)15-12(17)5-4-6-14(15)20-3/h4-6H,7-11H2,1-3H3. The van der Waals surface area contributed by atoms with Crippen LogP contribution in [0.2, 0.25) is 0 Å². The third-order valence-corrected chi connectivity index (χ3v) is 3.89. The Balaban J connectivity index is 1.99. The minimum absolute atomic E-state index is 0.0773. The molecule has 3 nitrogen and oxygen atoms in total. The first-order valence-corrected chi connectivity index (χ1v) is 7.01. The second-order valence-corrected chi connectivity index (χ2v) is 6.18. The van der Waals surface area contributed by atoms with Crippen LogP contribution in [-0.4, -0.2) is 37.4 Å². The first-order valence-electron chi connectivity index (χ1n) is 7.01. The highest BCUT2D eigenvalue weighted by atomic mass is 19.1. The Kier molecular flexibility index (Phi) is 4.43. The highest BCUT2D eigenvalue weighted by molar-refractivity contribution is 5.99. The molecule has 1 aromatic carbocycles. The number of rotatable bonds is 5. The number of hydrogen-bond acceptors (Lipinski definition) is 3. The lowest BCUT2D eigenvalue weighted by molar-refractivity contribution is 0.0959. The van der Waals surface area contributed by atoms with Crippen LogP contribution >= 0.6 is 0 Å². The van der Waals surface area contributed by atoms with Crippen molar-refractivity contribution in [3.8, 4) is 5.75 Å². The quantitative estimate of drug-likeness (QED) is 0.776. The number of halogens is 1. The molecule has 1 aromatic rings. The molecular formula is C16H22FNO2. The number of ketones is 1. The number of nitrogens with zero attached hydrogens (tertiary/aromatic N) is 1. The zero-order chi connectivity index (χ0) is 14.8. The molecule has 0 saturated carbocycles. The molecule has 0 N–H and O–H groups in total. The molecule has 0 bridgehead atoms. The molecule has 0 aromatic heterocycles. The van der Waals surface area contributed by atoms with E-state index in [1.54, 1.807) is 12.1 Å². The summed E-state index contributed by atoms with van der Waals surface area (Å²) in [5, 5.41) is 0. The SMILES string of the molecule is COc1cccc(F)c1C(=O)CCN1CCC(C)(C)C1. The van der Waals surface area contributed by atoms with Crippen LogP contribution in [0.15, 0.2) is 18.2 Å². The number of hydrogen-bond donors (Lipinski definition) is 0. The Hall–Kier alpha value is -1.42. The first-order chi connectivity index (χ1) is 9.43. The third-order valence-electron chi connectivity index (χ3n) is 3.89. The van der Waals surface area contributed by atoms with Crippen molar-refractivity contribution in [2.45, 2.75) is 26.7 Å². The van der Waals surface area contributed by atoms with E-state index in [-0.39, 0.29) is 11.3 Å². The second kappa shape index (κ2) is 5.92. The van der Waals surface area contributed by atoms with Gasteiger partial charge in [0, 0.05) is 19.5 Å². The average Bonchev–Trinajstić information content (AvgIpc) is 2.75. The maximum absolute atomic E-state index is 13.8. The van der Waals surface area contributed by atoms with Gasteiger partial charge in [-0.1, -0.05) is 19.9 Å². The van der Waals surface area contributed by atoms with Gasteiger partial charge in [-0.2, -0.15) is 0 Å². The van der Waals surface area contributed by atoms with E-state index >= 15 is 0 Å². The molecule has 1 fully saturated rings. The second-order valence-electron chi connectivity index (χ2n) is 6.18. The van der Waals surface area contributed by atoms with Gasteiger partial charge in [-0.3, -0.25) is 4.79 Å². The number of Topliss-reactive ketones (excluding diaryl/α,β-unsaturated/α-hetero) is 1. The van der Waals surface area contributed by atoms with Gasteiger partial charge in [0.2, 0.25) is 0 Å². The number of likely N-dealkylation sites (tertiary alicyclic amines) is 1. The van der Waals surface area contributed by atoms with Crippen molar-refractivity contribution < 1.29 is 13.9 Å². The van der Waals surface area contributed by atoms with E-state index in [0.29, 0.717) is 24.1 Å². The van der Waals surface area contributed by atoms with Crippen LogP contribution in [0.1, 0.15) is 37.0 Å². The van der Waals surface area contributed by atoms with Gasteiger partial charge in [0.15, 0.2) is 5.78 Å². The number of carbonyl (C=O) groups is 1. The molecule has 4 heteroatoms. The van der Waals surface area contributed by atoms with E-state index in [0.717, 1.165) is 19.5 Å². The Morgan fingerprint density at radius 1 is 1.45 bits per heavy atom. The van der Waals surface area contributed by atoms with Crippen molar-refractivity contribution in [1.82, 2.24) is 4.90 Å². The molecule has 0 atom stereocenters. The summed E-state index contributed by atoms with van der Waals surface area (Å²) in [5.41, 5.74) is 0.395. The Morgan fingerprint density at radius 3 is 2.80 bits per heavy atom. The summed E-state index contributed by atoms with van der Waals surface area (Å²) in [6.07, 6.45) is 1.47. The Bertz CT molecular complexity index is 499. The van der Waals surface area contributed by atoms with Crippen molar-refractivity contribution in [3.05, 3.63) is 29.6 Å². The predicted octanol–water partition coefficient (Wildman–Crippen LogP) is 3.14. The van der Waals surface area contributed by atoms with Gasteiger partial charge in [0.1, 0.15) is 11.6 Å². The fourth-order valence-electron chi connectivity index (χ4n) is 2.74. The highest BCUT2D eigenvalue weighted by Crippen LogP contribution is 2.29. The lowest BCUT2D eigenvalue weighted by atomic mass is 9.93. The fraction of sp³-hybridized carbons (Fsp3) is 0.562. The molecule has 1 heterocycles. The van der Waals surface area contributed by atoms with E-state index in [2.05, 4.69) is 18.7 Å². The van der Waals surface area contributed by atoms with E-state index < -0.39 is 5.82 Å². The number of carbonyl (C=O) groups excluding carboxylic acids is 1. The van der Waals surface area contributed by atoms with E-state index in [4.69, 9.17) is 4.74 Å². The van der Waals surface area contributed by atoms with Crippen molar-refractivity contribution in [2.24, 2.45) is 5.41 Å². The number of benzene rings is 1. The van der Waals surface area contributed by atoms with E-state index in [1.165, 1.54) is 13.2 Å². The smallest absolute Gasteiger partial charge is 0.170 e. The molecule has 1 saturated heterocycles. The van der Waals surface area contributed by atoms with Crippen LogP contribution in [0.3, 0.4) is 0 Å². The van der Waals surface area contributed by atoms with Crippen molar-refractivity contribution in [3.63, 3.8) is 0 Å². The largest absolute Gasteiger partial charge is 0.496 e.